The highest BCUT2D eigenvalue weighted by atomic mass is 16.5. The van der Waals surface area contributed by atoms with E-state index in [2.05, 4.69) is 15.3 Å². The van der Waals surface area contributed by atoms with Crippen LogP contribution in [-0.4, -0.2) is 41.0 Å². The van der Waals surface area contributed by atoms with E-state index >= 15 is 0 Å². The molecule has 20 heavy (non-hydrogen) atoms. The van der Waals surface area contributed by atoms with E-state index in [9.17, 15) is 9.59 Å². The second-order valence-corrected chi connectivity index (χ2v) is 4.42. The van der Waals surface area contributed by atoms with Gasteiger partial charge in [0.25, 0.3) is 0 Å². The number of amides is 2. The molecule has 108 valence electrons. The third-order valence-corrected chi connectivity index (χ3v) is 2.93. The Balaban J connectivity index is 2.28. The summed E-state index contributed by atoms with van der Waals surface area (Å²) in [5.41, 5.74) is 5.73. The van der Waals surface area contributed by atoms with E-state index in [1.54, 1.807) is 11.8 Å². The highest BCUT2D eigenvalue weighted by molar-refractivity contribution is 6.04. The van der Waals surface area contributed by atoms with E-state index in [4.69, 9.17) is 10.5 Å². The second-order valence-electron chi connectivity index (χ2n) is 4.42. The minimum atomic E-state index is -0.498. The number of nitrogens with one attached hydrogen (secondary N) is 1. The molecule has 1 unspecified atom stereocenters. The zero-order chi connectivity index (χ0) is 14.7. The van der Waals surface area contributed by atoms with Crippen LogP contribution in [0, 0.1) is 0 Å². The molecule has 0 aromatic carbocycles. The lowest BCUT2D eigenvalue weighted by molar-refractivity contribution is -0.132. The molecule has 2 heterocycles. The summed E-state index contributed by atoms with van der Waals surface area (Å²) < 4.78 is 5.24. The van der Waals surface area contributed by atoms with Crippen molar-refractivity contribution in [3.8, 4) is 0 Å². The summed E-state index contributed by atoms with van der Waals surface area (Å²) >= 11 is 0. The number of anilines is 2. The Morgan fingerprint density at radius 2 is 2.25 bits per heavy atom. The summed E-state index contributed by atoms with van der Waals surface area (Å²) in [4.78, 5) is 33.1. The molecule has 2 amide bonds. The number of nitrogens with zero attached hydrogens (tertiary/aromatic N) is 3. The Labute approximate surface area is 116 Å². The van der Waals surface area contributed by atoms with E-state index in [1.165, 1.54) is 6.07 Å². The van der Waals surface area contributed by atoms with Gasteiger partial charge >= 0.3 is 0 Å². The first kappa shape index (κ1) is 14.2. The van der Waals surface area contributed by atoms with Gasteiger partial charge in [-0.1, -0.05) is 0 Å². The highest BCUT2D eigenvalue weighted by Gasteiger charge is 2.31. The zero-order valence-corrected chi connectivity index (χ0v) is 11.4. The molecular weight excluding hydrogens is 262 g/mol. The number of nitrogens with two attached hydrogens (primary N) is 1. The summed E-state index contributed by atoms with van der Waals surface area (Å²) in [6, 6.07) is 1.04. The number of rotatable bonds is 4. The van der Waals surface area contributed by atoms with Gasteiger partial charge < -0.3 is 15.4 Å². The molecule has 1 aliphatic rings. The van der Waals surface area contributed by atoms with Gasteiger partial charge in [0, 0.05) is 12.7 Å². The quantitative estimate of drug-likeness (QED) is 0.711. The molecule has 1 fully saturated rings. The number of ether oxygens (including phenoxy) is 1. The molecule has 1 aromatic rings. The first-order valence-electron chi connectivity index (χ1n) is 6.32. The van der Waals surface area contributed by atoms with E-state index in [0.29, 0.717) is 18.2 Å². The normalized spacial score (nSPS) is 19.1. The van der Waals surface area contributed by atoms with Crippen molar-refractivity contribution in [2.75, 3.05) is 23.8 Å². The number of imide groups is 1. The van der Waals surface area contributed by atoms with Crippen LogP contribution in [0.15, 0.2) is 6.07 Å². The van der Waals surface area contributed by atoms with Crippen LogP contribution >= 0.6 is 0 Å². The number of aromatic nitrogens is 2. The smallest absolute Gasteiger partial charge is 0.249 e. The van der Waals surface area contributed by atoms with Crippen molar-refractivity contribution in [2.45, 2.75) is 26.5 Å². The van der Waals surface area contributed by atoms with Crippen LogP contribution in [-0.2, 0) is 20.9 Å². The molecule has 8 heteroatoms. The monoisotopic (exact) mass is 279 g/mol. The van der Waals surface area contributed by atoms with E-state index < -0.39 is 6.04 Å². The van der Waals surface area contributed by atoms with Crippen molar-refractivity contribution in [1.29, 1.82) is 0 Å². The Morgan fingerprint density at radius 1 is 1.50 bits per heavy atom. The number of carbonyl (C=O) groups is 2. The molecule has 0 bridgehead atoms. The molecule has 0 spiro atoms. The summed E-state index contributed by atoms with van der Waals surface area (Å²) in [6.07, 6.45) is 0. The lowest BCUT2D eigenvalue weighted by Gasteiger charge is -2.32. The maximum Gasteiger partial charge on any atom is 0.249 e. The number of piperazine rings is 1. The third-order valence-electron chi connectivity index (χ3n) is 2.93. The Hall–Kier alpha value is -2.22. The predicted molar refractivity (Wildman–Crippen MR) is 71.7 cm³/mol. The van der Waals surface area contributed by atoms with Crippen molar-refractivity contribution in [3.63, 3.8) is 0 Å². The van der Waals surface area contributed by atoms with Crippen LogP contribution < -0.4 is 16.0 Å². The predicted octanol–water partition coefficient (Wildman–Crippen LogP) is -0.553. The van der Waals surface area contributed by atoms with E-state index in [-0.39, 0.29) is 30.8 Å². The summed E-state index contributed by atoms with van der Waals surface area (Å²) in [5.74, 6) is 0.423. The topological polar surface area (TPSA) is 110 Å². The van der Waals surface area contributed by atoms with Gasteiger partial charge in [-0.05, 0) is 13.8 Å². The van der Waals surface area contributed by atoms with Crippen LogP contribution in [0.25, 0.3) is 0 Å². The van der Waals surface area contributed by atoms with Gasteiger partial charge in [-0.15, -0.1) is 0 Å². The fourth-order valence-electron chi connectivity index (χ4n) is 1.90. The van der Waals surface area contributed by atoms with Crippen LogP contribution in [0.3, 0.4) is 0 Å². The van der Waals surface area contributed by atoms with Gasteiger partial charge in [-0.25, -0.2) is 9.97 Å². The van der Waals surface area contributed by atoms with Crippen LogP contribution in [0.4, 0.5) is 11.6 Å². The summed E-state index contributed by atoms with van der Waals surface area (Å²) in [6.45, 7) is 4.38. The van der Waals surface area contributed by atoms with Gasteiger partial charge in [0.2, 0.25) is 11.8 Å². The molecular formula is C12H17N5O3. The average Bonchev–Trinajstić information content (AvgIpc) is 2.40. The van der Waals surface area contributed by atoms with Crippen molar-refractivity contribution in [1.82, 2.24) is 15.3 Å². The fourth-order valence-corrected chi connectivity index (χ4v) is 1.90. The minimum absolute atomic E-state index is 0.0530. The van der Waals surface area contributed by atoms with Crippen molar-refractivity contribution < 1.29 is 14.3 Å². The number of hydrogen-bond acceptors (Lipinski definition) is 7. The number of nitrogen functional groups attached to an aromatic ring is 1. The molecule has 1 atom stereocenters. The maximum atomic E-state index is 11.7. The largest absolute Gasteiger partial charge is 0.384 e. The molecule has 1 aliphatic heterocycles. The zero-order valence-electron chi connectivity index (χ0n) is 11.4. The Morgan fingerprint density at radius 3 is 2.95 bits per heavy atom. The van der Waals surface area contributed by atoms with Gasteiger partial charge in [0.05, 0.1) is 6.54 Å². The molecule has 1 aromatic heterocycles. The van der Waals surface area contributed by atoms with Gasteiger partial charge in [0.1, 0.15) is 24.3 Å². The summed E-state index contributed by atoms with van der Waals surface area (Å²) in [7, 11) is 0. The SMILES string of the molecule is CCOCc1nc(N)cc(N2CC(=O)NC(=O)C2C)n1. The molecule has 8 nitrogen and oxygen atoms in total. The molecule has 0 saturated carbocycles. The lowest BCUT2D eigenvalue weighted by atomic mass is 10.2. The van der Waals surface area contributed by atoms with Gasteiger partial charge in [-0.3, -0.25) is 14.9 Å². The average molecular weight is 279 g/mol. The van der Waals surface area contributed by atoms with E-state index in [1.807, 2.05) is 6.92 Å². The number of carbonyl (C=O) groups excluding carboxylic acids is 2. The minimum Gasteiger partial charge on any atom is -0.384 e. The first-order valence-corrected chi connectivity index (χ1v) is 6.32. The van der Waals surface area contributed by atoms with Crippen LogP contribution in [0.2, 0.25) is 0 Å². The maximum absolute atomic E-state index is 11.7. The van der Waals surface area contributed by atoms with Gasteiger partial charge in [0.15, 0.2) is 5.82 Å². The third kappa shape index (κ3) is 3.02. The lowest BCUT2D eigenvalue weighted by Crippen LogP contribution is -2.57. The first-order chi connectivity index (χ1) is 9.51. The van der Waals surface area contributed by atoms with Crippen molar-refractivity contribution in [2.24, 2.45) is 0 Å². The van der Waals surface area contributed by atoms with Crippen molar-refractivity contribution in [3.05, 3.63) is 11.9 Å². The Bertz CT molecular complexity index is 534. The fraction of sp³-hybridized carbons (Fsp3) is 0.500. The molecule has 2 rings (SSSR count). The van der Waals surface area contributed by atoms with Crippen LogP contribution in [0.1, 0.15) is 19.7 Å². The molecule has 3 N–H and O–H groups in total. The standard InChI is InChI=1S/C12H17N5O3/c1-3-20-6-9-14-8(13)4-10(15-9)17-5-11(18)16-12(19)7(17)2/h4,7H,3,5-6H2,1-2H3,(H2,13,14,15)(H,16,18,19). The molecule has 0 radical (unpaired) electrons. The van der Waals surface area contributed by atoms with Gasteiger partial charge in [-0.2, -0.15) is 0 Å². The highest BCUT2D eigenvalue weighted by Crippen LogP contribution is 2.19. The summed E-state index contributed by atoms with van der Waals surface area (Å²) in [5, 5.41) is 2.27. The molecule has 1 saturated heterocycles. The van der Waals surface area contributed by atoms with Crippen LogP contribution in [0.5, 0.6) is 0 Å². The molecule has 0 aliphatic carbocycles. The second kappa shape index (κ2) is 5.83. The van der Waals surface area contributed by atoms with E-state index in [0.717, 1.165) is 0 Å². The van der Waals surface area contributed by atoms with Crippen molar-refractivity contribution >= 4 is 23.5 Å². The Kier molecular flexibility index (Phi) is 4.14. The number of hydrogen-bond donors (Lipinski definition) is 2.